The highest BCUT2D eigenvalue weighted by molar-refractivity contribution is 6.39. The zero-order valence-electron chi connectivity index (χ0n) is 14.9. The quantitative estimate of drug-likeness (QED) is 0.750. The third-order valence-electron chi connectivity index (χ3n) is 4.72. The molecule has 1 fully saturated rings. The number of aromatic nitrogens is 1. The molecule has 1 amide bonds. The Balaban J connectivity index is 1.82. The van der Waals surface area contributed by atoms with Crippen molar-refractivity contribution in [3.05, 3.63) is 45.6 Å². The highest BCUT2D eigenvalue weighted by Gasteiger charge is 2.28. The second kappa shape index (κ2) is 8.31. The summed E-state index contributed by atoms with van der Waals surface area (Å²) in [6.07, 6.45) is 9.81. The van der Waals surface area contributed by atoms with E-state index in [2.05, 4.69) is 10.3 Å². The van der Waals surface area contributed by atoms with E-state index in [1.807, 2.05) is 6.92 Å². The number of amides is 1. The second-order valence-corrected chi connectivity index (χ2v) is 7.48. The summed E-state index contributed by atoms with van der Waals surface area (Å²) in [5, 5.41) is 3.38. The van der Waals surface area contributed by atoms with E-state index in [4.69, 9.17) is 32.7 Å². The molecule has 2 aliphatic carbocycles. The molecule has 1 atom stereocenters. The summed E-state index contributed by atoms with van der Waals surface area (Å²) in [6.45, 7) is 2.02. The van der Waals surface area contributed by atoms with E-state index < -0.39 is 0 Å². The maximum absolute atomic E-state index is 12.8. The van der Waals surface area contributed by atoms with E-state index >= 15 is 0 Å². The minimum atomic E-state index is -0.255. The highest BCUT2D eigenvalue weighted by Crippen LogP contribution is 2.35. The minimum absolute atomic E-state index is 0.0468. The first-order valence-electron chi connectivity index (χ1n) is 8.75. The van der Waals surface area contributed by atoms with Gasteiger partial charge in [0, 0.05) is 23.9 Å². The predicted octanol–water partition coefficient (Wildman–Crippen LogP) is 5.11. The predicted molar refractivity (Wildman–Crippen MR) is 102 cm³/mol. The fourth-order valence-corrected chi connectivity index (χ4v) is 3.88. The fraction of sp³-hybridized carbons (Fsp3) is 0.474. The van der Waals surface area contributed by atoms with Crippen molar-refractivity contribution in [3.63, 3.8) is 0 Å². The van der Waals surface area contributed by atoms with Gasteiger partial charge in [-0.3, -0.25) is 9.78 Å². The van der Waals surface area contributed by atoms with Crippen LogP contribution in [0, 0.1) is 5.92 Å². The standard InChI is InChI=1S/C19H22Cl2N2O3/c1-11-7-12(19(24)23-17-14(20)9-22-10-15(17)21)8-16(18(11)25-2)26-13-5-3-4-6-13/h8-11,13H,3-7H2,1-2H3,(H,22,23,24). The summed E-state index contributed by atoms with van der Waals surface area (Å²) in [7, 11) is 1.64. The Morgan fingerprint density at radius 1 is 1.23 bits per heavy atom. The Labute approximate surface area is 163 Å². The number of ether oxygens (including phenoxy) is 2. The topological polar surface area (TPSA) is 60.5 Å². The summed E-state index contributed by atoms with van der Waals surface area (Å²) in [5.41, 5.74) is 0.969. The monoisotopic (exact) mass is 396 g/mol. The first-order valence-corrected chi connectivity index (χ1v) is 9.51. The van der Waals surface area contributed by atoms with Gasteiger partial charge in [0.15, 0.2) is 5.76 Å². The molecule has 1 unspecified atom stereocenters. The van der Waals surface area contributed by atoms with Gasteiger partial charge < -0.3 is 14.8 Å². The number of hydrogen-bond acceptors (Lipinski definition) is 4. The van der Waals surface area contributed by atoms with Crippen LogP contribution in [0.1, 0.15) is 39.0 Å². The number of pyridine rings is 1. The van der Waals surface area contributed by atoms with Crippen LogP contribution in [0.4, 0.5) is 5.69 Å². The maximum atomic E-state index is 12.8. The lowest BCUT2D eigenvalue weighted by molar-refractivity contribution is -0.113. The van der Waals surface area contributed by atoms with Crippen molar-refractivity contribution in [2.45, 2.75) is 45.1 Å². The van der Waals surface area contributed by atoms with Crippen molar-refractivity contribution in [2.75, 3.05) is 12.4 Å². The van der Waals surface area contributed by atoms with Crippen LogP contribution in [0.2, 0.25) is 10.0 Å². The molecule has 0 spiro atoms. The summed E-state index contributed by atoms with van der Waals surface area (Å²) in [5.74, 6) is 1.23. The van der Waals surface area contributed by atoms with Crippen molar-refractivity contribution in [2.24, 2.45) is 5.92 Å². The van der Waals surface area contributed by atoms with Crippen LogP contribution < -0.4 is 5.32 Å². The summed E-state index contributed by atoms with van der Waals surface area (Å²) >= 11 is 12.2. The molecule has 5 nitrogen and oxygen atoms in total. The molecule has 7 heteroatoms. The van der Waals surface area contributed by atoms with Gasteiger partial charge in [0.25, 0.3) is 5.91 Å². The number of anilines is 1. The molecular weight excluding hydrogens is 375 g/mol. The number of allylic oxidation sites excluding steroid dienone is 2. The van der Waals surface area contributed by atoms with Crippen molar-refractivity contribution >= 4 is 34.8 Å². The zero-order valence-corrected chi connectivity index (χ0v) is 16.4. The van der Waals surface area contributed by atoms with Crippen LogP contribution in [-0.2, 0) is 14.3 Å². The van der Waals surface area contributed by atoms with Crippen molar-refractivity contribution in [3.8, 4) is 0 Å². The number of nitrogens with one attached hydrogen (secondary N) is 1. The number of halogens is 2. The molecule has 3 rings (SSSR count). The van der Waals surface area contributed by atoms with Crippen LogP contribution >= 0.6 is 23.2 Å². The second-order valence-electron chi connectivity index (χ2n) is 6.66. The number of hydrogen-bond donors (Lipinski definition) is 1. The van der Waals surface area contributed by atoms with Gasteiger partial charge in [0.2, 0.25) is 0 Å². The van der Waals surface area contributed by atoms with Gasteiger partial charge in [-0.25, -0.2) is 0 Å². The SMILES string of the molecule is COC1=C(OC2CCCC2)C=C(C(=O)Nc2c(Cl)cncc2Cl)CC1C. The Morgan fingerprint density at radius 2 is 1.88 bits per heavy atom. The molecule has 1 heterocycles. The number of carbonyl (C=O) groups is 1. The third-order valence-corrected chi connectivity index (χ3v) is 5.29. The molecule has 140 valence electrons. The molecule has 26 heavy (non-hydrogen) atoms. The van der Waals surface area contributed by atoms with Crippen molar-refractivity contribution < 1.29 is 14.3 Å². The molecule has 1 aromatic heterocycles. The molecule has 0 radical (unpaired) electrons. The van der Waals surface area contributed by atoms with Gasteiger partial charge in [-0.2, -0.15) is 0 Å². The van der Waals surface area contributed by atoms with Gasteiger partial charge >= 0.3 is 0 Å². The van der Waals surface area contributed by atoms with Crippen LogP contribution in [0.5, 0.6) is 0 Å². The van der Waals surface area contributed by atoms with Crippen LogP contribution in [0.15, 0.2) is 35.6 Å². The van der Waals surface area contributed by atoms with Crippen LogP contribution in [0.3, 0.4) is 0 Å². The average Bonchev–Trinajstić information content (AvgIpc) is 3.11. The Kier molecular flexibility index (Phi) is 6.09. The van der Waals surface area contributed by atoms with E-state index in [1.165, 1.54) is 25.2 Å². The number of rotatable bonds is 5. The molecule has 1 saturated carbocycles. The van der Waals surface area contributed by atoms with Gasteiger partial charge in [-0.15, -0.1) is 0 Å². The van der Waals surface area contributed by atoms with E-state index in [1.54, 1.807) is 13.2 Å². The molecule has 2 aliphatic rings. The lowest BCUT2D eigenvalue weighted by Gasteiger charge is -2.26. The highest BCUT2D eigenvalue weighted by atomic mass is 35.5. The number of carbonyl (C=O) groups excluding carboxylic acids is 1. The maximum Gasteiger partial charge on any atom is 0.251 e. The lowest BCUT2D eigenvalue weighted by atomic mass is 9.92. The van der Waals surface area contributed by atoms with E-state index in [0.717, 1.165) is 18.6 Å². The van der Waals surface area contributed by atoms with E-state index in [-0.39, 0.29) is 17.9 Å². The van der Waals surface area contributed by atoms with E-state index in [0.29, 0.717) is 33.5 Å². The molecular formula is C19H22Cl2N2O3. The first-order chi connectivity index (χ1) is 12.5. The normalized spacial score (nSPS) is 20.8. The minimum Gasteiger partial charge on any atom is -0.497 e. The molecule has 1 N–H and O–H groups in total. The Bertz CT molecular complexity index is 735. The van der Waals surface area contributed by atoms with Gasteiger partial charge in [0.1, 0.15) is 5.76 Å². The van der Waals surface area contributed by atoms with Crippen molar-refractivity contribution in [1.82, 2.24) is 4.98 Å². The smallest absolute Gasteiger partial charge is 0.251 e. The zero-order chi connectivity index (χ0) is 18.7. The average molecular weight is 397 g/mol. The number of methoxy groups -OCH3 is 1. The Morgan fingerprint density at radius 3 is 2.50 bits per heavy atom. The third kappa shape index (κ3) is 4.15. The first kappa shape index (κ1) is 19.1. The van der Waals surface area contributed by atoms with Crippen molar-refractivity contribution in [1.29, 1.82) is 0 Å². The number of nitrogens with zero attached hydrogens (tertiary/aromatic N) is 1. The summed E-state index contributed by atoms with van der Waals surface area (Å²) in [6, 6.07) is 0. The van der Waals surface area contributed by atoms with Gasteiger partial charge in [-0.05, 0) is 38.2 Å². The molecule has 1 aromatic rings. The van der Waals surface area contributed by atoms with Gasteiger partial charge in [0.05, 0.1) is 28.9 Å². The molecule has 0 saturated heterocycles. The molecule has 0 aliphatic heterocycles. The summed E-state index contributed by atoms with van der Waals surface area (Å²) in [4.78, 5) is 16.7. The largest absolute Gasteiger partial charge is 0.497 e. The Hall–Kier alpha value is -1.72. The van der Waals surface area contributed by atoms with E-state index in [9.17, 15) is 4.79 Å². The van der Waals surface area contributed by atoms with Gasteiger partial charge in [-0.1, -0.05) is 30.1 Å². The van der Waals surface area contributed by atoms with Crippen LogP contribution in [-0.4, -0.2) is 24.1 Å². The lowest BCUT2D eigenvalue weighted by Crippen LogP contribution is -2.23. The molecule has 0 bridgehead atoms. The summed E-state index contributed by atoms with van der Waals surface area (Å²) < 4.78 is 11.7. The fourth-order valence-electron chi connectivity index (χ4n) is 3.42. The van der Waals surface area contributed by atoms with Crippen LogP contribution in [0.25, 0.3) is 0 Å². The molecule has 0 aromatic carbocycles.